The van der Waals surface area contributed by atoms with Crippen LogP contribution < -0.4 is 5.32 Å². The summed E-state index contributed by atoms with van der Waals surface area (Å²) in [4.78, 5) is 30.6. The number of amides is 2. The van der Waals surface area contributed by atoms with Gasteiger partial charge in [0.05, 0.1) is 0 Å². The van der Waals surface area contributed by atoms with E-state index in [1.165, 1.54) is 0 Å². The molecule has 2 heterocycles. The Morgan fingerprint density at radius 2 is 2.13 bits per heavy atom. The third kappa shape index (κ3) is 3.65. The molecule has 1 aliphatic carbocycles. The van der Waals surface area contributed by atoms with Crippen molar-refractivity contribution in [3.05, 3.63) is 22.9 Å². The summed E-state index contributed by atoms with van der Waals surface area (Å²) in [6.45, 7) is 5.48. The van der Waals surface area contributed by atoms with Crippen molar-refractivity contribution in [2.75, 3.05) is 5.32 Å². The topological polar surface area (TPSA) is 71.5 Å². The number of nitrogens with zero attached hydrogens (tertiary/aromatic N) is 2. The van der Waals surface area contributed by atoms with Crippen LogP contribution in [0.5, 0.6) is 0 Å². The van der Waals surface area contributed by atoms with E-state index in [9.17, 15) is 9.59 Å². The van der Waals surface area contributed by atoms with Crippen molar-refractivity contribution in [2.45, 2.75) is 51.3 Å². The van der Waals surface area contributed by atoms with Gasteiger partial charge in [-0.3, -0.25) is 9.69 Å². The fourth-order valence-corrected chi connectivity index (χ4v) is 3.34. The summed E-state index contributed by atoms with van der Waals surface area (Å²) in [5, 5.41) is 2.86. The van der Waals surface area contributed by atoms with E-state index in [2.05, 4.69) is 26.2 Å². The number of ether oxygens (including phenoxy) is 1. The molecule has 1 aromatic rings. The van der Waals surface area contributed by atoms with E-state index in [-0.39, 0.29) is 11.9 Å². The molecule has 1 N–H and O–H groups in total. The molecule has 0 bridgehead atoms. The number of carbonyl (C=O) groups is 2. The van der Waals surface area contributed by atoms with Crippen LogP contribution in [0.3, 0.4) is 0 Å². The Hall–Kier alpha value is -1.63. The molecular formula is C16H20BrN3O3. The summed E-state index contributed by atoms with van der Waals surface area (Å²) in [5.74, 6) is 0.239. The minimum atomic E-state index is -0.568. The van der Waals surface area contributed by atoms with Gasteiger partial charge < -0.3 is 10.1 Å². The van der Waals surface area contributed by atoms with Crippen molar-refractivity contribution < 1.29 is 14.3 Å². The first-order valence-corrected chi connectivity index (χ1v) is 8.47. The lowest BCUT2D eigenvalue weighted by Gasteiger charge is -2.29. The van der Waals surface area contributed by atoms with Crippen molar-refractivity contribution in [3.8, 4) is 0 Å². The molecule has 124 valence electrons. The zero-order valence-corrected chi connectivity index (χ0v) is 15.0. The number of halogens is 1. The van der Waals surface area contributed by atoms with Gasteiger partial charge in [0, 0.05) is 17.9 Å². The molecule has 1 saturated heterocycles. The van der Waals surface area contributed by atoms with Crippen LogP contribution in [0, 0.1) is 5.92 Å². The van der Waals surface area contributed by atoms with Crippen LogP contribution in [0.15, 0.2) is 22.9 Å². The fourth-order valence-electron chi connectivity index (χ4n) is 2.97. The average molecular weight is 382 g/mol. The lowest BCUT2D eigenvalue weighted by atomic mass is 10.1. The third-order valence-corrected chi connectivity index (χ3v) is 4.44. The third-order valence-electron chi connectivity index (χ3n) is 4.01. The molecule has 2 fully saturated rings. The zero-order valence-electron chi connectivity index (χ0n) is 13.4. The molecule has 1 saturated carbocycles. The number of piperidine rings is 1. The number of pyridine rings is 1. The quantitative estimate of drug-likeness (QED) is 0.798. The van der Waals surface area contributed by atoms with E-state index in [1.807, 2.05) is 20.8 Å². The molecule has 1 aliphatic heterocycles. The monoisotopic (exact) mass is 381 g/mol. The summed E-state index contributed by atoms with van der Waals surface area (Å²) < 4.78 is 6.10. The number of anilines is 1. The Kier molecular flexibility index (Phi) is 4.08. The predicted molar refractivity (Wildman–Crippen MR) is 88.9 cm³/mol. The summed E-state index contributed by atoms with van der Waals surface area (Å²) in [6, 6.07) is 3.12. The fraction of sp³-hybridized carbons (Fsp3) is 0.562. The number of carbonyl (C=O) groups excluding carboxylic acids is 2. The average Bonchev–Trinajstić information content (AvgIpc) is 3.06. The molecule has 2 aliphatic rings. The van der Waals surface area contributed by atoms with Gasteiger partial charge in [0.25, 0.3) is 0 Å². The number of rotatable bonds is 2. The normalized spacial score (nSPS) is 25.7. The molecule has 0 unspecified atom stereocenters. The second-order valence-corrected chi connectivity index (χ2v) is 7.87. The first-order valence-electron chi connectivity index (χ1n) is 7.68. The number of hydrogen-bond donors (Lipinski definition) is 1. The molecule has 3 atom stereocenters. The smallest absolute Gasteiger partial charge is 0.411 e. The van der Waals surface area contributed by atoms with E-state index >= 15 is 0 Å². The Morgan fingerprint density at radius 1 is 1.39 bits per heavy atom. The molecule has 7 heteroatoms. The van der Waals surface area contributed by atoms with Crippen LogP contribution in [0.1, 0.15) is 33.6 Å². The van der Waals surface area contributed by atoms with Gasteiger partial charge in [-0.2, -0.15) is 0 Å². The molecule has 0 radical (unpaired) electrons. The minimum absolute atomic E-state index is 0.143. The molecule has 6 nitrogen and oxygen atoms in total. The summed E-state index contributed by atoms with van der Waals surface area (Å²) in [5.41, 5.74) is 0.0858. The highest BCUT2D eigenvalue weighted by atomic mass is 79.9. The Bertz CT molecular complexity index is 644. The van der Waals surface area contributed by atoms with Crippen molar-refractivity contribution in [1.29, 1.82) is 0 Å². The highest BCUT2D eigenvalue weighted by molar-refractivity contribution is 9.10. The molecule has 0 aromatic carbocycles. The largest absolute Gasteiger partial charge is 0.444 e. The number of aromatic nitrogens is 1. The Balaban J connectivity index is 1.71. The van der Waals surface area contributed by atoms with Gasteiger partial charge in [-0.1, -0.05) is 0 Å². The van der Waals surface area contributed by atoms with Gasteiger partial charge in [-0.25, -0.2) is 9.78 Å². The lowest BCUT2D eigenvalue weighted by Crippen LogP contribution is -2.47. The maximum absolute atomic E-state index is 12.6. The zero-order chi connectivity index (χ0) is 16.8. The van der Waals surface area contributed by atoms with E-state index in [0.29, 0.717) is 22.6 Å². The number of likely N-dealkylation sites (tertiary alicyclic amines) is 1. The summed E-state index contributed by atoms with van der Waals surface area (Å²) in [6.07, 6.45) is 2.86. The van der Waals surface area contributed by atoms with Crippen molar-refractivity contribution in [2.24, 2.45) is 5.92 Å². The number of nitrogens with one attached hydrogen (secondary N) is 1. The second kappa shape index (κ2) is 5.78. The van der Waals surface area contributed by atoms with E-state index in [0.717, 1.165) is 6.42 Å². The SMILES string of the molecule is CC(C)(C)OC(=O)N1[C@@H]2C[C@@H]2C[C@H]1C(=O)Nc1ccnc(Br)c1. The molecule has 1 aromatic heterocycles. The molecule has 0 spiro atoms. The van der Waals surface area contributed by atoms with Gasteiger partial charge in [0.2, 0.25) is 5.91 Å². The molecule has 23 heavy (non-hydrogen) atoms. The van der Waals surface area contributed by atoms with Crippen LogP contribution in [0.4, 0.5) is 10.5 Å². The second-order valence-electron chi connectivity index (χ2n) is 7.06. The van der Waals surface area contributed by atoms with Gasteiger partial charge >= 0.3 is 6.09 Å². The van der Waals surface area contributed by atoms with E-state index < -0.39 is 17.7 Å². The van der Waals surface area contributed by atoms with Crippen molar-refractivity contribution >= 4 is 33.6 Å². The van der Waals surface area contributed by atoms with Crippen molar-refractivity contribution in [1.82, 2.24) is 9.88 Å². The van der Waals surface area contributed by atoms with Crippen molar-refractivity contribution in [3.63, 3.8) is 0 Å². The van der Waals surface area contributed by atoms with Crippen LogP contribution in [-0.2, 0) is 9.53 Å². The minimum Gasteiger partial charge on any atom is -0.444 e. The number of hydrogen-bond acceptors (Lipinski definition) is 4. The maximum Gasteiger partial charge on any atom is 0.411 e. The van der Waals surface area contributed by atoms with Crippen LogP contribution in [0.2, 0.25) is 0 Å². The first-order chi connectivity index (χ1) is 10.7. The molecule has 3 rings (SSSR count). The van der Waals surface area contributed by atoms with Crippen LogP contribution in [0.25, 0.3) is 0 Å². The molecule has 2 amide bonds. The first kappa shape index (κ1) is 16.2. The highest BCUT2D eigenvalue weighted by Gasteiger charge is 2.57. The standard InChI is InChI=1S/C16H20BrN3O3/c1-16(2,3)23-15(22)20-11-6-9(11)7-12(20)14(21)19-10-4-5-18-13(17)8-10/h4-5,8-9,11-12H,6-7H2,1-3H3,(H,18,19,21)/t9-,11-,12+/m1/s1. The van der Waals surface area contributed by atoms with Gasteiger partial charge in [-0.05, 0) is 67.6 Å². The van der Waals surface area contributed by atoms with Crippen LogP contribution in [-0.4, -0.2) is 39.6 Å². The lowest BCUT2D eigenvalue weighted by molar-refractivity contribution is -0.120. The van der Waals surface area contributed by atoms with E-state index in [4.69, 9.17) is 4.74 Å². The summed E-state index contributed by atoms with van der Waals surface area (Å²) >= 11 is 3.27. The summed E-state index contributed by atoms with van der Waals surface area (Å²) in [7, 11) is 0. The van der Waals surface area contributed by atoms with Gasteiger partial charge in [-0.15, -0.1) is 0 Å². The molecular weight excluding hydrogens is 362 g/mol. The predicted octanol–water partition coefficient (Wildman–Crippen LogP) is 3.18. The van der Waals surface area contributed by atoms with Gasteiger partial charge in [0.1, 0.15) is 16.2 Å². The number of fused-ring (bicyclic) bond motifs is 1. The van der Waals surface area contributed by atoms with Crippen LogP contribution >= 0.6 is 15.9 Å². The Morgan fingerprint density at radius 3 is 2.78 bits per heavy atom. The maximum atomic E-state index is 12.6. The highest BCUT2D eigenvalue weighted by Crippen LogP contribution is 2.48. The van der Waals surface area contributed by atoms with E-state index in [1.54, 1.807) is 23.2 Å². The van der Waals surface area contributed by atoms with Gasteiger partial charge in [0.15, 0.2) is 0 Å². The Labute approximate surface area is 143 Å².